The van der Waals surface area contributed by atoms with Crippen LogP contribution < -0.4 is 19.9 Å². The molecule has 28 heavy (non-hydrogen) atoms. The Bertz CT molecular complexity index is 665. The van der Waals surface area contributed by atoms with Gasteiger partial charge in [-0.05, 0) is 18.1 Å². The van der Waals surface area contributed by atoms with Crippen molar-refractivity contribution < 1.29 is 14.3 Å². The molecule has 0 aliphatic carbocycles. The fourth-order valence-electron chi connectivity index (χ4n) is 3.75. The van der Waals surface area contributed by atoms with E-state index in [2.05, 4.69) is 35.0 Å². The first-order chi connectivity index (χ1) is 13.4. The lowest BCUT2D eigenvalue weighted by atomic mass is 10.2. The average molecular weight is 391 g/mol. The summed E-state index contributed by atoms with van der Waals surface area (Å²) >= 11 is 0. The predicted octanol–water partition coefficient (Wildman–Crippen LogP) is 1.42. The monoisotopic (exact) mass is 390 g/mol. The normalized spacial score (nSPS) is 19.9. The van der Waals surface area contributed by atoms with Crippen LogP contribution in [0.1, 0.15) is 13.8 Å². The molecule has 1 N–H and O–H groups in total. The van der Waals surface area contributed by atoms with Crippen LogP contribution in [0.25, 0.3) is 0 Å². The molecular weight excluding hydrogens is 356 g/mol. The highest BCUT2D eigenvalue weighted by molar-refractivity contribution is 5.82. The van der Waals surface area contributed by atoms with Crippen LogP contribution in [0, 0.1) is 5.92 Å². The van der Waals surface area contributed by atoms with Crippen molar-refractivity contribution in [2.24, 2.45) is 5.92 Å². The largest absolute Gasteiger partial charge is 0.489 e. The lowest BCUT2D eigenvalue weighted by Gasteiger charge is -2.34. The minimum atomic E-state index is 0.0223. The summed E-state index contributed by atoms with van der Waals surface area (Å²) in [7, 11) is 4.01. The first-order valence-corrected chi connectivity index (χ1v) is 10.2. The number of amides is 1. The Balaban J connectivity index is 1.50. The third-order valence-corrected chi connectivity index (χ3v) is 5.13. The quantitative estimate of drug-likeness (QED) is 0.760. The number of ether oxygens (including phenoxy) is 2. The maximum Gasteiger partial charge on any atom is 0.239 e. The third-order valence-electron chi connectivity index (χ3n) is 5.13. The molecule has 1 amide bonds. The molecule has 1 aromatic rings. The zero-order valence-electron chi connectivity index (χ0n) is 17.6. The molecule has 156 valence electrons. The molecule has 0 bridgehead atoms. The van der Waals surface area contributed by atoms with Gasteiger partial charge in [-0.3, -0.25) is 9.69 Å². The molecule has 1 saturated heterocycles. The highest BCUT2D eigenvalue weighted by atomic mass is 16.5. The molecule has 7 heteroatoms. The Labute approximate surface area is 168 Å². The number of hydrogen-bond acceptors (Lipinski definition) is 6. The number of anilines is 2. The van der Waals surface area contributed by atoms with E-state index < -0.39 is 0 Å². The zero-order valence-corrected chi connectivity index (χ0v) is 17.6. The van der Waals surface area contributed by atoms with Gasteiger partial charge in [-0.25, -0.2) is 0 Å². The van der Waals surface area contributed by atoms with Crippen LogP contribution in [-0.4, -0.2) is 83.5 Å². The second-order valence-corrected chi connectivity index (χ2v) is 8.27. The van der Waals surface area contributed by atoms with E-state index in [1.54, 1.807) is 0 Å². The van der Waals surface area contributed by atoms with Gasteiger partial charge >= 0.3 is 0 Å². The maximum absolute atomic E-state index is 12.5. The molecule has 1 fully saturated rings. The molecule has 7 nitrogen and oxygen atoms in total. The summed E-state index contributed by atoms with van der Waals surface area (Å²) in [5.41, 5.74) is 2.06. The summed E-state index contributed by atoms with van der Waals surface area (Å²) < 4.78 is 11.6. The molecule has 1 atom stereocenters. The van der Waals surface area contributed by atoms with Gasteiger partial charge in [-0.1, -0.05) is 13.8 Å². The van der Waals surface area contributed by atoms with Crippen LogP contribution in [-0.2, 0) is 9.53 Å². The van der Waals surface area contributed by atoms with Crippen molar-refractivity contribution in [3.8, 4) is 5.75 Å². The number of fused-ring (bicyclic) bond motifs is 1. The Morgan fingerprint density at radius 2 is 2.11 bits per heavy atom. The standard InChI is InChI=1S/C21H34N4O3/c1-16(2)13-24-7-9-27-18(14-24)12-22-21(26)15-25-8-10-28-20-11-17(23(3)4)5-6-19(20)25/h5-6,11,16,18H,7-10,12-15H2,1-4H3,(H,22,26)/t18-/m1/s1. The number of morpholine rings is 1. The van der Waals surface area contributed by atoms with E-state index in [4.69, 9.17) is 9.47 Å². The fourth-order valence-corrected chi connectivity index (χ4v) is 3.75. The molecule has 2 aliphatic rings. The molecule has 0 aromatic heterocycles. The van der Waals surface area contributed by atoms with E-state index in [-0.39, 0.29) is 12.0 Å². The van der Waals surface area contributed by atoms with Gasteiger partial charge in [-0.2, -0.15) is 0 Å². The number of benzene rings is 1. The van der Waals surface area contributed by atoms with Crippen molar-refractivity contribution in [3.63, 3.8) is 0 Å². The summed E-state index contributed by atoms with van der Waals surface area (Å²) in [5.74, 6) is 1.50. The van der Waals surface area contributed by atoms with Crippen molar-refractivity contribution in [2.75, 3.05) is 76.4 Å². The average Bonchev–Trinajstić information content (AvgIpc) is 2.66. The van der Waals surface area contributed by atoms with E-state index in [9.17, 15) is 4.79 Å². The van der Waals surface area contributed by atoms with Crippen molar-refractivity contribution in [1.29, 1.82) is 0 Å². The number of nitrogens with one attached hydrogen (secondary N) is 1. The van der Waals surface area contributed by atoms with Crippen LogP contribution in [0.5, 0.6) is 5.75 Å². The Morgan fingerprint density at radius 3 is 2.86 bits per heavy atom. The van der Waals surface area contributed by atoms with Crippen LogP contribution >= 0.6 is 0 Å². The first-order valence-electron chi connectivity index (χ1n) is 10.2. The topological polar surface area (TPSA) is 57.3 Å². The summed E-state index contributed by atoms with van der Waals surface area (Å²) in [6, 6.07) is 6.11. The van der Waals surface area contributed by atoms with Gasteiger partial charge in [0.05, 0.1) is 31.5 Å². The van der Waals surface area contributed by atoms with E-state index >= 15 is 0 Å². The molecule has 2 aliphatic heterocycles. The minimum Gasteiger partial charge on any atom is -0.489 e. The lowest BCUT2D eigenvalue weighted by Crippen LogP contribution is -2.49. The van der Waals surface area contributed by atoms with Crippen LogP contribution in [0.15, 0.2) is 18.2 Å². The van der Waals surface area contributed by atoms with Crippen molar-refractivity contribution >= 4 is 17.3 Å². The van der Waals surface area contributed by atoms with Gasteiger partial charge in [0, 0.05) is 52.0 Å². The Morgan fingerprint density at radius 1 is 1.29 bits per heavy atom. The van der Waals surface area contributed by atoms with Crippen LogP contribution in [0.3, 0.4) is 0 Å². The maximum atomic E-state index is 12.5. The third kappa shape index (κ3) is 5.52. The summed E-state index contributed by atoms with van der Waals surface area (Å²) in [6.45, 7) is 10.3. The highest BCUT2D eigenvalue weighted by Crippen LogP contribution is 2.34. The van der Waals surface area contributed by atoms with E-state index in [1.807, 2.05) is 31.1 Å². The van der Waals surface area contributed by atoms with Gasteiger partial charge in [0.2, 0.25) is 5.91 Å². The van der Waals surface area contributed by atoms with Gasteiger partial charge < -0.3 is 24.6 Å². The SMILES string of the molecule is CC(C)CN1CCO[C@H](CNC(=O)CN2CCOc3cc(N(C)C)ccc32)C1. The second-order valence-electron chi connectivity index (χ2n) is 8.27. The molecule has 0 unspecified atom stereocenters. The van der Waals surface area contributed by atoms with Crippen LogP contribution in [0.2, 0.25) is 0 Å². The van der Waals surface area contributed by atoms with Gasteiger partial charge in [0.25, 0.3) is 0 Å². The van der Waals surface area contributed by atoms with Crippen molar-refractivity contribution in [3.05, 3.63) is 18.2 Å². The van der Waals surface area contributed by atoms with Gasteiger partial charge in [0.1, 0.15) is 12.4 Å². The Hall–Kier alpha value is -1.99. The summed E-state index contributed by atoms with van der Waals surface area (Å²) in [5, 5.41) is 3.05. The number of rotatable bonds is 7. The van der Waals surface area contributed by atoms with E-state index in [1.165, 1.54) is 0 Å². The number of carbonyl (C=O) groups excluding carboxylic acids is 1. The Kier molecular flexibility index (Phi) is 7.02. The molecule has 3 rings (SSSR count). The van der Waals surface area contributed by atoms with Gasteiger partial charge in [-0.15, -0.1) is 0 Å². The molecule has 1 aromatic carbocycles. The second kappa shape index (κ2) is 9.47. The van der Waals surface area contributed by atoms with Gasteiger partial charge in [0.15, 0.2) is 0 Å². The van der Waals surface area contributed by atoms with Crippen molar-refractivity contribution in [1.82, 2.24) is 10.2 Å². The van der Waals surface area contributed by atoms with Crippen molar-refractivity contribution in [2.45, 2.75) is 20.0 Å². The fraction of sp³-hybridized carbons (Fsp3) is 0.667. The van der Waals surface area contributed by atoms with E-state index in [0.29, 0.717) is 32.2 Å². The molecule has 0 saturated carbocycles. The molecular formula is C21H34N4O3. The molecule has 0 spiro atoms. The van der Waals surface area contributed by atoms with E-state index in [0.717, 1.165) is 43.4 Å². The smallest absolute Gasteiger partial charge is 0.239 e. The molecule has 2 heterocycles. The first kappa shape index (κ1) is 20.7. The van der Waals surface area contributed by atoms with Crippen LogP contribution in [0.4, 0.5) is 11.4 Å². The summed E-state index contributed by atoms with van der Waals surface area (Å²) in [6.07, 6.45) is 0.0658. The number of hydrogen-bond donors (Lipinski definition) is 1. The highest BCUT2D eigenvalue weighted by Gasteiger charge is 2.23. The lowest BCUT2D eigenvalue weighted by molar-refractivity contribution is -0.121. The molecule has 0 radical (unpaired) electrons. The summed E-state index contributed by atoms with van der Waals surface area (Å²) in [4.78, 5) is 19.1. The minimum absolute atomic E-state index is 0.0223. The number of nitrogens with zero attached hydrogens (tertiary/aromatic N) is 3. The predicted molar refractivity (Wildman–Crippen MR) is 113 cm³/mol. The zero-order chi connectivity index (χ0) is 20.1. The number of carbonyl (C=O) groups is 1.